The van der Waals surface area contributed by atoms with Crippen molar-refractivity contribution in [3.05, 3.63) is 127 Å². The topological polar surface area (TPSA) is 18.1 Å². The zero-order valence-electron chi connectivity index (χ0n) is 19.5. The molecule has 0 aliphatic carbocycles. The summed E-state index contributed by atoms with van der Waals surface area (Å²) in [5.74, 6) is 0. The minimum absolute atomic E-state index is 0.922. The predicted molar refractivity (Wildman–Crippen MR) is 151 cm³/mol. The highest BCUT2D eigenvalue weighted by Gasteiger charge is 2.16. The first-order valence-corrected chi connectivity index (χ1v) is 12.3. The molecule has 0 saturated carbocycles. The third kappa shape index (κ3) is 2.67. The third-order valence-electron chi connectivity index (χ3n) is 7.41. The van der Waals surface area contributed by atoms with E-state index in [1.54, 1.807) is 0 Å². The number of hydrogen-bond donors (Lipinski definition) is 0. The van der Waals surface area contributed by atoms with Crippen LogP contribution in [0.4, 0.5) is 0 Å². The molecule has 0 spiro atoms. The SMILES string of the molecule is c1ccc2c(c1)oc1ccc(-c3ccc(-n4c5ccccc5c5ccccc54)c4ccccc34)cc12. The van der Waals surface area contributed by atoms with Gasteiger partial charge in [-0.1, -0.05) is 91.0 Å². The van der Waals surface area contributed by atoms with E-state index in [9.17, 15) is 0 Å². The van der Waals surface area contributed by atoms with E-state index < -0.39 is 0 Å². The zero-order valence-corrected chi connectivity index (χ0v) is 19.5. The molecule has 0 N–H and O–H groups in total. The van der Waals surface area contributed by atoms with E-state index in [4.69, 9.17) is 4.42 Å². The van der Waals surface area contributed by atoms with Crippen molar-refractivity contribution in [2.24, 2.45) is 0 Å². The standard InChI is InChI=1S/C34H21NO/c1-2-10-25-24(9-1)23(22-17-20-34-29(21-22)28-13-5-8-16-33(28)36-34)18-19-32(25)35-30-14-6-3-11-26(30)27-12-4-7-15-31(27)35/h1-21H. The molecule has 0 radical (unpaired) electrons. The van der Waals surface area contributed by atoms with E-state index in [2.05, 4.69) is 120 Å². The number of hydrogen-bond acceptors (Lipinski definition) is 1. The highest BCUT2D eigenvalue weighted by molar-refractivity contribution is 6.12. The maximum atomic E-state index is 6.08. The van der Waals surface area contributed by atoms with Gasteiger partial charge in [-0.3, -0.25) is 0 Å². The van der Waals surface area contributed by atoms with E-state index in [-0.39, 0.29) is 0 Å². The van der Waals surface area contributed by atoms with Crippen molar-refractivity contribution in [2.75, 3.05) is 0 Å². The summed E-state index contributed by atoms with van der Waals surface area (Å²) in [7, 11) is 0. The van der Waals surface area contributed by atoms with Gasteiger partial charge in [-0.2, -0.15) is 0 Å². The van der Waals surface area contributed by atoms with Crippen molar-refractivity contribution >= 4 is 54.5 Å². The van der Waals surface area contributed by atoms with Crippen LogP contribution in [0.3, 0.4) is 0 Å². The molecule has 2 heterocycles. The van der Waals surface area contributed by atoms with E-state index in [1.807, 2.05) is 12.1 Å². The van der Waals surface area contributed by atoms with E-state index in [0.717, 1.165) is 21.9 Å². The van der Waals surface area contributed by atoms with Crippen LogP contribution < -0.4 is 0 Å². The quantitative estimate of drug-likeness (QED) is 0.252. The molecular formula is C34H21NO. The summed E-state index contributed by atoms with van der Waals surface area (Å²) in [5, 5.41) is 7.33. The molecule has 8 rings (SSSR count). The molecule has 2 heteroatoms. The van der Waals surface area contributed by atoms with Crippen LogP contribution in [0.25, 0.3) is 71.3 Å². The molecular weight excluding hydrogens is 438 g/mol. The molecule has 8 aromatic rings. The second kappa shape index (κ2) is 7.34. The van der Waals surface area contributed by atoms with Gasteiger partial charge in [0.2, 0.25) is 0 Å². The number of rotatable bonds is 2. The highest BCUT2D eigenvalue weighted by atomic mass is 16.3. The van der Waals surface area contributed by atoms with Crippen molar-refractivity contribution in [3.8, 4) is 16.8 Å². The van der Waals surface area contributed by atoms with Crippen molar-refractivity contribution in [3.63, 3.8) is 0 Å². The molecule has 0 fully saturated rings. The number of benzene rings is 6. The lowest BCUT2D eigenvalue weighted by atomic mass is 9.96. The Morgan fingerprint density at radius 3 is 1.75 bits per heavy atom. The number of furan rings is 1. The summed E-state index contributed by atoms with van der Waals surface area (Å²) in [4.78, 5) is 0. The molecule has 0 aliphatic rings. The number of fused-ring (bicyclic) bond motifs is 7. The second-order valence-electron chi connectivity index (χ2n) is 9.36. The maximum absolute atomic E-state index is 6.08. The first-order valence-electron chi connectivity index (χ1n) is 12.3. The maximum Gasteiger partial charge on any atom is 0.135 e. The van der Waals surface area contributed by atoms with Gasteiger partial charge in [-0.05, 0) is 52.9 Å². The van der Waals surface area contributed by atoms with Crippen molar-refractivity contribution in [2.45, 2.75) is 0 Å². The summed E-state index contributed by atoms with van der Waals surface area (Å²) in [5.41, 5.74) is 7.91. The Morgan fingerprint density at radius 1 is 0.417 bits per heavy atom. The monoisotopic (exact) mass is 459 g/mol. The molecule has 0 unspecified atom stereocenters. The molecule has 0 amide bonds. The van der Waals surface area contributed by atoms with Gasteiger partial charge in [-0.25, -0.2) is 0 Å². The van der Waals surface area contributed by atoms with E-state index in [1.165, 1.54) is 49.4 Å². The fourth-order valence-corrected chi connectivity index (χ4v) is 5.81. The molecule has 2 nitrogen and oxygen atoms in total. The van der Waals surface area contributed by atoms with Gasteiger partial charge in [0.25, 0.3) is 0 Å². The fourth-order valence-electron chi connectivity index (χ4n) is 5.81. The van der Waals surface area contributed by atoms with Gasteiger partial charge in [0, 0.05) is 26.9 Å². The molecule has 2 aromatic heterocycles. The van der Waals surface area contributed by atoms with Gasteiger partial charge in [-0.15, -0.1) is 0 Å². The number of aromatic nitrogens is 1. The molecule has 0 saturated heterocycles. The van der Waals surface area contributed by atoms with Crippen LogP contribution in [0.15, 0.2) is 132 Å². The van der Waals surface area contributed by atoms with Crippen LogP contribution in [-0.2, 0) is 0 Å². The number of nitrogens with zero attached hydrogens (tertiary/aromatic N) is 1. The molecule has 0 atom stereocenters. The molecule has 0 aliphatic heterocycles. The van der Waals surface area contributed by atoms with Gasteiger partial charge in [0.1, 0.15) is 11.2 Å². The first kappa shape index (κ1) is 19.5. The lowest BCUT2D eigenvalue weighted by molar-refractivity contribution is 0.669. The van der Waals surface area contributed by atoms with E-state index in [0.29, 0.717) is 0 Å². The summed E-state index contributed by atoms with van der Waals surface area (Å²) in [6.07, 6.45) is 0. The minimum Gasteiger partial charge on any atom is -0.456 e. The van der Waals surface area contributed by atoms with Crippen LogP contribution in [0, 0.1) is 0 Å². The molecule has 6 aromatic carbocycles. The van der Waals surface area contributed by atoms with Crippen molar-refractivity contribution < 1.29 is 4.42 Å². The smallest absolute Gasteiger partial charge is 0.135 e. The average Bonchev–Trinajstić information content (AvgIpc) is 3.48. The van der Waals surface area contributed by atoms with Crippen LogP contribution in [0.2, 0.25) is 0 Å². The van der Waals surface area contributed by atoms with Crippen LogP contribution in [-0.4, -0.2) is 4.57 Å². The first-order chi connectivity index (χ1) is 17.9. The average molecular weight is 460 g/mol. The predicted octanol–water partition coefficient (Wildman–Crippen LogP) is 9.50. The van der Waals surface area contributed by atoms with Crippen LogP contribution in [0.1, 0.15) is 0 Å². The molecule has 168 valence electrons. The summed E-state index contributed by atoms with van der Waals surface area (Å²) < 4.78 is 8.48. The van der Waals surface area contributed by atoms with Crippen LogP contribution in [0.5, 0.6) is 0 Å². The Balaban J connectivity index is 1.42. The van der Waals surface area contributed by atoms with Gasteiger partial charge < -0.3 is 8.98 Å². The highest BCUT2D eigenvalue weighted by Crippen LogP contribution is 2.39. The normalized spacial score (nSPS) is 11.9. The van der Waals surface area contributed by atoms with Crippen molar-refractivity contribution in [1.82, 2.24) is 4.57 Å². The van der Waals surface area contributed by atoms with E-state index >= 15 is 0 Å². The lowest BCUT2D eigenvalue weighted by Gasteiger charge is -2.15. The van der Waals surface area contributed by atoms with Gasteiger partial charge in [0.05, 0.1) is 16.7 Å². The Morgan fingerprint density at radius 2 is 1.00 bits per heavy atom. The molecule has 0 bridgehead atoms. The molecule has 36 heavy (non-hydrogen) atoms. The Hall–Kier alpha value is -4.82. The largest absolute Gasteiger partial charge is 0.456 e. The lowest BCUT2D eigenvalue weighted by Crippen LogP contribution is -1.96. The summed E-state index contributed by atoms with van der Waals surface area (Å²) >= 11 is 0. The fraction of sp³-hybridized carbons (Fsp3) is 0. The Bertz CT molecular complexity index is 2050. The Labute approximate surface area is 207 Å². The van der Waals surface area contributed by atoms with Gasteiger partial charge >= 0.3 is 0 Å². The van der Waals surface area contributed by atoms with Gasteiger partial charge in [0.15, 0.2) is 0 Å². The Kier molecular flexibility index (Phi) is 3.97. The summed E-state index contributed by atoms with van der Waals surface area (Å²) in [6, 6.07) is 45.4. The third-order valence-corrected chi connectivity index (χ3v) is 7.41. The number of para-hydroxylation sites is 3. The second-order valence-corrected chi connectivity index (χ2v) is 9.36. The minimum atomic E-state index is 0.922. The van der Waals surface area contributed by atoms with Crippen molar-refractivity contribution in [1.29, 1.82) is 0 Å². The van der Waals surface area contributed by atoms with Crippen LogP contribution >= 0.6 is 0 Å². The zero-order chi connectivity index (χ0) is 23.6. The summed E-state index contributed by atoms with van der Waals surface area (Å²) in [6.45, 7) is 0.